The largest absolute Gasteiger partial charge is 0.359 e. The highest BCUT2D eigenvalue weighted by atomic mass is 32.1. The molecule has 0 amide bonds. The fourth-order valence-electron chi connectivity index (χ4n) is 2.65. The van der Waals surface area contributed by atoms with E-state index in [1.165, 1.54) is 0 Å². The summed E-state index contributed by atoms with van der Waals surface area (Å²) in [4.78, 5) is 15.2. The SMILES string of the molecule is S=C(NCc1nc2ccccc2[nH]1)NCc1c[nH]c2ncccc12. The molecule has 0 aliphatic heterocycles. The van der Waals surface area contributed by atoms with Crippen molar-refractivity contribution in [1.29, 1.82) is 0 Å². The number of benzene rings is 1. The van der Waals surface area contributed by atoms with Crippen molar-refractivity contribution in [1.82, 2.24) is 30.6 Å². The normalized spacial score (nSPS) is 11.0. The lowest BCUT2D eigenvalue weighted by Crippen LogP contribution is -2.34. The Bertz CT molecular complexity index is 969. The number of pyridine rings is 1. The summed E-state index contributed by atoms with van der Waals surface area (Å²) < 4.78 is 0. The van der Waals surface area contributed by atoms with Gasteiger partial charge in [0, 0.05) is 24.3 Å². The Labute approximate surface area is 143 Å². The molecule has 0 bridgehead atoms. The van der Waals surface area contributed by atoms with Gasteiger partial charge in [-0.25, -0.2) is 9.97 Å². The Morgan fingerprint density at radius 2 is 1.96 bits per heavy atom. The molecular formula is C17H16N6S. The number of thiocarbonyl (C=S) groups is 1. The molecule has 0 spiro atoms. The standard InChI is InChI=1S/C17H16N6S/c24-17(20-9-11-8-19-16-12(11)4-3-7-18-16)21-10-15-22-13-5-1-2-6-14(13)23-15/h1-8H,9-10H2,(H,18,19)(H,22,23)(H2,20,21,24). The number of H-pyrrole nitrogens is 2. The van der Waals surface area contributed by atoms with Gasteiger partial charge in [0.1, 0.15) is 11.5 Å². The summed E-state index contributed by atoms with van der Waals surface area (Å²) in [6, 6.07) is 11.9. The van der Waals surface area contributed by atoms with Gasteiger partial charge < -0.3 is 20.6 Å². The highest BCUT2D eigenvalue weighted by Gasteiger charge is 2.05. The van der Waals surface area contributed by atoms with E-state index >= 15 is 0 Å². The summed E-state index contributed by atoms with van der Waals surface area (Å²) in [5.41, 5.74) is 4.00. The van der Waals surface area contributed by atoms with Gasteiger partial charge in [0.25, 0.3) is 0 Å². The van der Waals surface area contributed by atoms with Crippen LogP contribution in [0.3, 0.4) is 0 Å². The van der Waals surface area contributed by atoms with Crippen LogP contribution in [-0.4, -0.2) is 25.0 Å². The summed E-state index contributed by atoms with van der Waals surface area (Å²) in [6.45, 7) is 1.19. The maximum Gasteiger partial charge on any atom is 0.166 e. The molecule has 1 aromatic carbocycles. The highest BCUT2D eigenvalue weighted by Crippen LogP contribution is 2.15. The van der Waals surface area contributed by atoms with Crippen molar-refractivity contribution in [2.24, 2.45) is 0 Å². The second-order valence-electron chi connectivity index (χ2n) is 5.45. The zero-order valence-corrected chi connectivity index (χ0v) is 13.7. The Morgan fingerprint density at radius 3 is 2.88 bits per heavy atom. The van der Waals surface area contributed by atoms with Gasteiger partial charge in [-0.15, -0.1) is 0 Å². The summed E-state index contributed by atoms with van der Waals surface area (Å²) >= 11 is 5.34. The molecule has 0 radical (unpaired) electrons. The maximum atomic E-state index is 5.34. The van der Waals surface area contributed by atoms with Gasteiger partial charge in [-0.1, -0.05) is 12.1 Å². The van der Waals surface area contributed by atoms with Crippen LogP contribution in [0, 0.1) is 0 Å². The lowest BCUT2D eigenvalue weighted by atomic mass is 10.2. The fourth-order valence-corrected chi connectivity index (χ4v) is 2.79. The third-order valence-electron chi connectivity index (χ3n) is 3.83. The summed E-state index contributed by atoms with van der Waals surface area (Å²) in [5.74, 6) is 0.858. The van der Waals surface area contributed by atoms with Crippen molar-refractivity contribution in [3.63, 3.8) is 0 Å². The molecule has 0 fully saturated rings. The van der Waals surface area contributed by atoms with E-state index < -0.39 is 0 Å². The molecule has 0 unspecified atom stereocenters. The molecule has 0 saturated carbocycles. The third kappa shape index (κ3) is 2.93. The van der Waals surface area contributed by atoms with Crippen LogP contribution in [0.4, 0.5) is 0 Å². The second-order valence-corrected chi connectivity index (χ2v) is 5.86. The second kappa shape index (κ2) is 6.29. The van der Waals surface area contributed by atoms with Crippen LogP contribution in [0.25, 0.3) is 22.1 Å². The van der Waals surface area contributed by atoms with Crippen LogP contribution in [0.2, 0.25) is 0 Å². The van der Waals surface area contributed by atoms with Crippen LogP contribution in [-0.2, 0) is 13.1 Å². The zero-order valence-electron chi connectivity index (χ0n) is 12.8. The number of rotatable bonds is 4. The maximum absolute atomic E-state index is 5.34. The number of imidazole rings is 1. The van der Waals surface area contributed by atoms with E-state index in [-0.39, 0.29) is 0 Å². The lowest BCUT2D eigenvalue weighted by Gasteiger charge is -2.08. The van der Waals surface area contributed by atoms with Crippen LogP contribution >= 0.6 is 12.2 Å². The van der Waals surface area contributed by atoms with Gasteiger partial charge >= 0.3 is 0 Å². The molecule has 0 aliphatic carbocycles. The van der Waals surface area contributed by atoms with Gasteiger partial charge in [-0.3, -0.25) is 0 Å². The van der Waals surface area contributed by atoms with Crippen molar-refractivity contribution < 1.29 is 0 Å². The monoisotopic (exact) mass is 336 g/mol. The topological polar surface area (TPSA) is 81.4 Å². The van der Waals surface area contributed by atoms with Gasteiger partial charge in [0.05, 0.1) is 17.6 Å². The molecule has 4 aromatic rings. The predicted molar refractivity (Wildman–Crippen MR) is 98.5 cm³/mol. The molecule has 3 aromatic heterocycles. The Kier molecular flexibility index (Phi) is 3.84. The molecule has 24 heavy (non-hydrogen) atoms. The van der Waals surface area contributed by atoms with Gasteiger partial charge in [-0.2, -0.15) is 0 Å². The van der Waals surface area contributed by atoms with E-state index in [0.29, 0.717) is 18.2 Å². The summed E-state index contributed by atoms with van der Waals surface area (Å²) in [5, 5.41) is 8.08. The van der Waals surface area contributed by atoms with E-state index in [1.54, 1.807) is 6.20 Å². The number of para-hydroxylation sites is 2. The first-order valence-electron chi connectivity index (χ1n) is 7.66. The van der Waals surface area contributed by atoms with Crippen molar-refractivity contribution in [2.45, 2.75) is 13.1 Å². The van der Waals surface area contributed by atoms with Gasteiger partial charge in [0.15, 0.2) is 5.11 Å². The Hall–Kier alpha value is -2.93. The van der Waals surface area contributed by atoms with E-state index in [9.17, 15) is 0 Å². The van der Waals surface area contributed by atoms with Crippen molar-refractivity contribution in [2.75, 3.05) is 0 Å². The van der Waals surface area contributed by atoms with Crippen molar-refractivity contribution in [3.05, 3.63) is 60.2 Å². The average Bonchev–Trinajstić information content (AvgIpc) is 3.21. The highest BCUT2D eigenvalue weighted by molar-refractivity contribution is 7.80. The molecular weight excluding hydrogens is 320 g/mol. The first-order chi connectivity index (χ1) is 11.8. The number of fused-ring (bicyclic) bond motifs is 2. The molecule has 0 atom stereocenters. The van der Waals surface area contributed by atoms with Crippen molar-refractivity contribution in [3.8, 4) is 0 Å². The fraction of sp³-hybridized carbons (Fsp3) is 0.118. The number of nitrogens with zero attached hydrogens (tertiary/aromatic N) is 2. The first-order valence-corrected chi connectivity index (χ1v) is 8.07. The summed E-state index contributed by atoms with van der Waals surface area (Å²) in [7, 11) is 0. The van der Waals surface area contributed by atoms with E-state index in [4.69, 9.17) is 12.2 Å². The predicted octanol–water partition coefficient (Wildman–Crippen LogP) is 2.60. The minimum atomic E-state index is 0.552. The van der Waals surface area contributed by atoms with E-state index in [1.807, 2.05) is 42.6 Å². The Balaban J connectivity index is 1.35. The average molecular weight is 336 g/mol. The molecule has 120 valence electrons. The van der Waals surface area contributed by atoms with E-state index in [0.717, 1.165) is 33.5 Å². The Morgan fingerprint density at radius 1 is 1.08 bits per heavy atom. The van der Waals surface area contributed by atoms with Crippen LogP contribution < -0.4 is 10.6 Å². The van der Waals surface area contributed by atoms with Crippen LogP contribution in [0.1, 0.15) is 11.4 Å². The molecule has 0 saturated heterocycles. The van der Waals surface area contributed by atoms with Gasteiger partial charge in [0.2, 0.25) is 0 Å². The van der Waals surface area contributed by atoms with Crippen LogP contribution in [0.5, 0.6) is 0 Å². The number of nitrogens with one attached hydrogen (secondary N) is 4. The molecule has 0 aliphatic rings. The molecule has 4 N–H and O–H groups in total. The number of hydrogen-bond acceptors (Lipinski definition) is 3. The first kappa shape index (κ1) is 14.6. The molecule has 3 heterocycles. The number of aromatic amines is 2. The summed E-state index contributed by atoms with van der Waals surface area (Å²) in [6.07, 6.45) is 3.72. The lowest BCUT2D eigenvalue weighted by molar-refractivity contribution is 0.805. The molecule has 4 rings (SSSR count). The minimum Gasteiger partial charge on any atom is -0.359 e. The van der Waals surface area contributed by atoms with Crippen molar-refractivity contribution >= 4 is 39.4 Å². The third-order valence-corrected chi connectivity index (χ3v) is 4.12. The number of hydrogen-bond donors (Lipinski definition) is 4. The smallest absolute Gasteiger partial charge is 0.166 e. The quantitative estimate of drug-likeness (QED) is 0.431. The molecule has 7 heteroatoms. The van der Waals surface area contributed by atoms with Gasteiger partial charge in [-0.05, 0) is 42.0 Å². The van der Waals surface area contributed by atoms with E-state index in [2.05, 4.69) is 30.6 Å². The number of aromatic nitrogens is 4. The minimum absolute atomic E-state index is 0.552. The van der Waals surface area contributed by atoms with Crippen LogP contribution in [0.15, 0.2) is 48.8 Å². The zero-order chi connectivity index (χ0) is 16.4. The molecule has 6 nitrogen and oxygen atoms in total.